The van der Waals surface area contributed by atoms with E-state index in [1.807, 2.05) is 30.3 Å². The molecule has 1 N–H and O–H groups in total. The van der Waals surface area contributed by atoms with Crippen LogP contribution in [0.5, 0.6) is 5.75 Å². The zero-order chi connectivity index (χ0) is 19.3. The molecule has 1 heterocycles. The van der Waals surface area contributed by atoms with Crippen LogP contribution in [-0.2, 0) is 14.8 Å². The summed E-state index contributed by atoms with van der Waals surface area (Å²) in [6.07, 6.45) is -0.966. The minimum atomic E-state index is -3.84. The maximum absolute atomic E-state index is 12.8. The van der Waals surface area contributed by atoms with Gasteiger partial charge in [0.15, 0.2) is 0 Å². The molecule has 3 rings (SSSR count). The maximum atomic E-state index is 12.8. The summed E-state index contributed by atoms with van der Waals surface area (Å²) in [5.74, 6) is 0.330. The first-order chi connectivity index (χ1) is 13.0. The van der Waals surface area contributed by atoms with Gasteiger partial charge in [0.05, 0.1) is 24.1 Å². The summed E-state index contributed by atoms with van der Waals surface area (Å²) in [5, 5.41) is 10.2. The number of carbonyl (C=O) groups is 1. The molecule has 7 nitrogen and oxygen atoms in total. The molecule has 0 saturated carbocycles. The van der Waals surface area contributed by atoms with E-state index in [4.69, 9.17) is 4.74 Å². The first-order valence-corrected chi connectivity index (χ1v) is 10.1. The van der Waals surface area contributed by atoms with Gasteiger partial charge in [-0.15, -0.1) is 0 Å². The number of benzene rings is 2. The topological polar surface area (TPSA) is 87.2 Å². The molecule has 1 amide bonds. The fraction of sp³-hybridized carbons (Fsp3) is 0.316. The van der Waals surface area contributed by atoms with Crippen molar-refractivity contribution in [1.29, 1.82) is 0 Å². The van der Waals surface area contributed by atoms with Crippen molar-refractivity contribution in [3.63, 3.8) is 0 Å². The molecule has 0 aromatic heterocycles. The van der Waals surface area contributed by atoms with E-state index in [-0.39, 0.29) is 43.6 Å². The number of ether oxygens (including phenoxy) is 1. The molecular formula is C19H22N2O5S. The van der Waals surface area contributed by atoms with Gasteiger partial charge < -0.3 is 14.7 Å². The summed E-state index contributed by atoms with van der Waals surface area (Å²) in [6.45, 7) is 0.161. The van der Waals surface area contributed by atoms with Crippen LogP contribution in [0.25, 0.3) is 0 Å². The number of β-amino-alcohol motifs (C(OH)–C–C–N with tert-alkyl or cyclic N) is 1. The molecule has 0 radical (unpaired) electrons. The number of rotatable bonds is 6. The predicted molar refractivity (Wildman–Crippen MR) is 99.7 cm³/mol. The van der Waals surface area contributed by atoms with Crippen LogP contribution in [0, 0.1) is 0 Å². The molecular weight excluding hydrogens is 368 g/mol. The van der Waals surface area contributed by atoms with Gasteiger partial charge in [-0.3, -0.25) is 4.79 Å². The SMILES string of the molecule is O=C1CN(S(=O)(=O)c2ccccc2)CC(O)CN1CCOc1ccccc1. The summed E-state index contributed by atoms with van der Waals surface area (Å²) in [7, 11) is -3.84. The van der Waals surface area contributed by atoms with Gasteiger partial charge >= 0.3 is 0 Å². The number of nitrogens with zero attached hydrogens (tertiary/aromatic N) is 2. The Kier molecular flexibility index (Phi) is 6.10. The Morgan fingerprint density at radius 3 is 2.30 bits per heavy atom. The van der Waals surface area contributed by atoms with Crippen molar-refractivity contribution in [1.82, 2.24) is 9.21 Å². The van der Waals surface area contributed by atoms with Crippen molar-refractivity contribution in [3.8, 4) is 5.75 Å². The Hall–Kier alpha value is -2.42. The number of hydrogen-bond acceptors (Lipinski definition) is 5. The van der Waals surface area contributed by atoms with Crippen molar-refractivity contribution in [2.24, 2.45) is 0 Å². The van der Waals surface area contributed by atoms with Crippen LogP contribution in [0.2, 0.25) is 0 Å². The van der Waals surface area contributed by atoms with Gasteiger partial charge in [-0.1, -0.05) is 36.4 Å². The van der Waals surface area contributed by atoms with E-state index < -0.39 is 16.1 Å². The summed E-state index contributed by atoms with van der Waals surface area (Å²) < 4.78 is 32.1. The maximum Gasteiger partial charge on any atom is 0.243 e. The highest BCUT2D eigenvalue weighted by molar-refractivity contribution is 7.89. The van der Waals surface area contributed by atoms with Crippen molar-refractivity contribution in [2.75, 3.05) is 32.8 Å². The van der Waals surface area contributed by atoms with Crippen LogP contribution in [-0.4, -0.2) is 67.5 Å². The lowest BCUT2D eigenvalue weighted by atomic mass is 10.3. The molecule has 1 fully saturated rings. The average molecular weight is 390 g/mol. The fourth-order valence-electron chi connectivity index (χ4n) is 2.90. The van der Waals surface area contributed by atoms with Gasteiger partial charge in [-0.2, -0.15) is 4.31 Å². The van der Waals surface area contributed by atoms with E-state index in [1.54, 1.807) is 18.2 Å². The molecule has 2 aromatic carbocycles. The Balaban J connectivity index is 1.65. The minimum absolute atomic E-state index is 0.0673. The zero-order valence-electron chi connectivity index (χ0n) is 14.8. The second kappa shape index (κ2) is 8.51. The Bertz CT molecular complexity index is 858. The molecule has 1 aliphatic heterocycles. The number of hydrogen-bond donors (Lipinski definition) is 1. The van der Waals surface area contributed by atoms with Gasteiger partial charge in [0.1, 0.15) is 12.4 Å². The Labute approximate surface area is 158 Å². The Morgan fingerprint density at radius 1 is 1.00 bits per heavy atom. The van der Waals surface area contributed by atoms with Crippen LogP contribution in [0.1, 0.15) is 0 Å². The molecule has 1 aliphatic rings. The third-order valence-electron chi connectivity index (χ3n) is 4.26. The van der Waals surface area contributed by atoms with Gasteiger partial charge in [-0.25, -0.2) is 8.42 Å². The van der Waals surface area contributed by atoms with E-state index in [0.29, 0.717) is 5.75 Å². The molecule has 1 atom stereocenters. The number of aliphatic hydroxyl groups is 1. The average Bonchev–Trinajstić information content (AvgIpc) is 2.82. The molecule has 27 heavy (non-hydrogen) atoms. The third kappa shape index (κ3) is 4.85. The highest BCUT2D eigenvalue weighted by Crippen LogP contribution is 2.18. The van der Waals surface area contributed by atoms with Crippen molar-refractivity contribution in [3.05, 3.63) is 60.7 Å². The van der Waals surface area contributed by atoms with E-state index in [1.165, 1.54) is 17.0 Å². The lowest BCUT2D eigenvalue weighted by Crippen LogP contribution is -2.40. The first kappa shape index (κ1) is 19.3. The van der Waals surface area contributed by atoms with E-state index in [0.717, 1.165) is 4.31 Å². The van der Waals surface area contributed by atoms with Crippen molar-refractivity contribution >= 4 is 15.9 Å². The summed E-state index contributed by atoms with van der Waals surface area (Å²) in [5.41, 5.74) is 0. The number of amides is 1. The third-order valence-corrected chi connectivity index (χ3v) is 6.09. The van der Waals surface area contributed by atoms with Crippen LogP contribution in [0.15, 0.2) is 65.6 Å². The standard InChI is InChI=1S/C19H22N2O5S/c22-16-13-20(11-12-26-17-7-3-1-4-8-17)19(23)15-21(14-16)27(24,25)18-9-5-2-6-10-18/h1-10,16,22H,11-15H2. The van der Waals surface area contributed by atoms with Crippen molar-refractivity contribution in [2.45, 2.75) is 11.0 Å². The minimum Gasteiger partial charge on any atom is -0.492 e. The summed E-state index contributed by atoms with van der Waals surface area (Å²) in [6, 6.07) is 17.1. The zero-order valence-corrected chi connectivity index (χ0v) is 15.6. The largest absolute Gasteiger partial charge is 0.492 e. The molecule has 1 unspecified atom stereocenters. The second-order valence-electron chi connectivity index (χ2n) is 6.27. The number of carbonyl (C=O) groups excluding carboxylic acids is 1. The summed E-state index contributed by atoms with van der Waals surface area (Å²) in [4.78, 5) is 14.1. The van der Waals surface area contributed by atoms with E-state index in [2.05, 4.69) is 0 Å². The smallest absolute Gasteiger partial charge is 0.243 e. The monoisotopic (exact) mass is 390 g/mol. The number of para-hydroxylation sites is 1. The fourth-order valence-corrected chi connectivity index (χ4v) is 4.34. The molecule has 0 aliphatic carbocycles. The number of sulfonamides is 1. The lowest BCUT2D eigenvalue weighted by Gasteiger charge is -2.22. The molecule has 8 heteroatoms. The van der Waals surface area contributed by atoms with Gasteiger partial charge in [0.25, 0.3) is 0 Å². The second-order valence-corrected chi connectivity index (χ2v) is 8.20. The molecule has 2 aromatic rings. The van der Waals surface area contributed by atoms with Crippen LogP contribution >= 0.6 is 0 Å². The number of aliphatic hydroxyl groups excluding tert-OH is 1. The van der Waals surface area contributed by atoms with Crippen LogP contribution in [0.4, 0.5) is 0 Å². The first-order valence-electron chi connectivity index (χ1n) is 8.66. The van der Waals surface area contributed by atoms with Gasteiger partial charge in [0.2, 0.25) is 15.9 Å². The summed E-state index contributed by atoms with van der Waals surface area (Å²) >= 11 is 0. The highest BCUT2D eigenvalue weighted by atomic mass is 32.2. The van der Waals surface area contributed by atoms with Crippen LogP contribution < -0.4 is 4.74 Å². The molecule has 0 spiro atoms. The van der Waals surface area contributed by atoms with Gasteiger partial charge in [-0.05, 0) is 24.3 Å². The predicted octanol–water partition coefficient (Wildman–Crippen LogP) is 0.959. The molecule has 1 saturated heterocycles. The highest BCUT2D eigenvalue weighted by Gasteiger charge is 2.34. The van der Waals surface area contributed by atoms with E-state index >= 15 is 0 Å². The quantitative estimate of drug-likeness (QED) is 0.794. The van der Waals surface area contributed by atoms with Crippen LogP contribution in [0.3, 0.4) is 0 Å². The Morgan fingerprint density at radius 2 is 1.63 bits per heavy atom. The molecule has 0 bridgehead atoms. The lowest BCUT2D eigenvalue weighted by molar-refractivity contribution is -0.131. The molecule has 144 valence electrons. The van der Waals surface area contributed by atoms with E-state index in [9.17, 15) is 18.3 Å². The van der Waals surface area contributed by atoms with Crippen molar-refractivity contribution < 1.29 is 23.1 Å². The normalized spacial score (nSPS) is 18.9. The van der Waals surface area contributed by atoms with Gasteiger partial charge in [0, 0.05) is 13.1 Å².